The Morgan fingerprint density at radius 1 is 1.25 bits per heavy atom. The Balaban J connectivity index is 2.48. The van der Waals surface area contributed by atoms with Crippen LogP contribution >= 0.6 is 23.2 Å². The van der Waals surface area contributed by atoms with Gasteiger partial charge in [0, 0.05) is 11.2 Å². The van der Waals surface area contributed by atoms with E-state index in [1.165, 1.54) is 0 Å². The second-order valence-electron chi connectivity index (χ2n) is 3.41. The van der Waals surface area contributed by atoms with Crippen LogP contribution in [0.1, 0.15) is 5.56 Å². The van der Waals surface area contributed by atoms with Crippen LogP contribution in [0, 0.1) is 0 Å². The van der Waals surface area contributed by atoms with Gasteiger partial charge in [-0.15, -0.1) is 0 Å². The van der Waals surface area contributed by atoms with E-state index in [1.807, 2.05) is 18.2 Å². The number of aromatic nitrogens is 2. The molecule has 84 valence electrons. The number of hydrogen-bond donors (Lipinski definition) is 1. The van der Waals surface area contributed by atoms with Crippen LogP contribution in [0.2, 0.25) is 10.0 Å². The molecule has 1 aromatic heterocycles. The minimum Gasteiger partial charge on any atom is -0.330 e. The van der Waals surface area contributed by atoms with Crippen molar-refractivity contribution in [2.45, 2.75) is 6.42 Å². The maximum absolute atomic E-state index is 5.97. The monoisotopic (exact) mass is 255 g/mol. The van der Waals surface area contributed by atoms with Gasteiger partial charge < -0.3 is 5.73 Å². The van der Waals surface area contributed by atoms with Crippen LogP contribution in [0.3, 0.4) is 0 Å². The van der Waals surface area contributed by atoms with Gasteiger partial charge in [0.2, 0.25) is 0 Å². The van der Waals surface area contributed by atoms with Crippen molar-refractivity contribution in [2.75, 3.05) is 6.54 Å². The smallest absolute Gasteiger partial charge is 0.0790 e. The van der Waals surface area contributed by atoms with Crippen molar-refractivity contribution in [1.82, 2.24) is 9.78 Å². The second kappa shape index (κ2) is 4.87. The fourth-order valence-electron chi connectivity index (χ4n) is 1.55. The van der Waals surface area contributed by atoms with Crippen molar-refractivity contribution in [3.8, 4) is 5.69 Å². The molecule has 1 aromatic carbocycles. The number of nitrogens with two attached hydrogens (primary N) is 1. The lowest BCUT2D eigenvalue weighted by Gasteiger charge is -2.09. The van der Waals surface area contributed by atoms with Gasteiger partial charge in [-0.1, -0.05) is 29.3 Å². The Morgan fingerprint density at radius 3 is 2.69 bits per heavy atom. The molecular formula is C11H11Cl2N3. The zero-order valence-electron chi connectivity index (χ0n) is 8.53. The van der Waals surface area contributed by atoms with Gasteiger partial charge in [0.15, 0.2) is 0 Å². The van der Waals surface area contributed by atoms with E-state index < -0.39 is 0 Å². The lowest BCUT2D eigenvalue weighted by atomic mass is 10.1. The van der Waals surface area contributed by atoms with Crippen molar-refractivity contribution in [3.05, 3.63) is 46.2 Å². The molecule has 5 heteroatoms. The summed E-state index contributed by atoms with van der Waals surface area (Å²) >= 11 is 11.8. The SMILES string of the molecule is NCCc1ccc(Cl)cc1-n1cc(Cl)cn1. The predicted molar refractivity (Wildman–Crippen MR) is 66.3 cm³/mol. The van der Waals surface area contributed by atoms with Crippen molar-refractivity contribution >= 4 is 23.2 Å². The third-order valence-corrected chi connectivity index (χ3v) is 2.69. The average molecular weight is 256 g/mol. The van der Waals surface area contributed by atoms with Gasteiger partial charge in [-0.2, -0.15) is 5.10 Å². The lowest BCUT2D eigenvalue weighted by molar-refractivity contribution is 0.851. The highest BCUT2D eigenvalue weighted by Crippen LogP contribution is 2.21. The predicted octanol–water partition coefficient (Wildman–Crippen LogP) is 2.68. The summed E-state index contributed by atoms with van der Waals surface area (Å²) in [6, 6.07) is 5.66. The topological polar surface area (TPSA) is 43.8 Å². The van der Waals surface area contributed by atoms with Crippen LogP contribution in [0.5, 0.6) is 0 Å². The Hall–Kier alpha value is -1.03. The zero-order valence-corrected chi connectivity index (χ0v) is 10.0. The van der Waals surface area contributed by atoms with Gasteiger partial charge in [-0.05, 0) is 30.7 Å². The van der Waals surface area contributed by atoms with E-state index in [-0.39, 0.29) is 0 Å². The first-order valence-electron chi connectivity index (χ1n) is 4.90. The van der Waals surface area contributed by atoms with E-state index in [4.69, 9.17) is 28.9 Å². The Labute approximate surface area is 104 Å². The summed E-state index contributed by atoms with van der Waals surface area (Å²) in [4.78, 5) is 0. The third kappa shape index (κ3) is 2.38. The Kier molecular flexibility index (Phi) is 3.49. The number of halogens is 2. The minimum absolute atomic E-state index is 0.587. The van der Waals surface area contributed by atoms with Gasteiger partial charge in [0.05, 0.1) is 16.9 Å². The van der Waals surface area contributed by atoms with Gasteiger partial charge in [0.25, 0.3) is 0 Å². The van der Waals surface area contributed by atoms with E-state index in [1.54, 1.807) is 17.1 Å². The van der Waals surface area contributed by atoms with Gasteiger partial charge >= 0.3 is 0 Å². The number of nitrogens with zero attached hydrogens (tertiary/aromatic N) is 2. The normalized spacial score (nSPS) is 10.7. The molecule has 3 nitrogen and oxygen atoms in total. The molecule has 0 aliphatic carbocycles. The molecule has 16 heavy (non-hydrogen) atoms. The minimum atomic E-state index is 0.587. The molecule has 0 bridgehead atoms. The molecule has 0 amide bonds. The van der Waals surface area contributed by atoms with Crippen LogP contribution in [0.25, 0.3) is 5.69 Å². The van der Waals surface area contributed by atoms with Crippen LogP contribution in [0.15, 0.2) is 30.6 Å². The zero-order chi connectivity index (χ0) is 11.5. The fourth-order valence-corrected chi connectivity index (χ4v) is 1.85. The van der Waals surface area contributed by atoms with E-state index in [9.17, 15) is 0 Å². The van der Waals surface area contributed by atoms with Crippen LogP contribution in [0.4, 0.5) is 0 Å². The molecule has 0 spiro atoms. The van der Waals surface area contributed by atoms with Crippen molar-refractivity contribution in [1.29, 1.82) is 0 Å². The highest BCUT2D eigenvalue weighted by molar-refractivity contribution is 6.31. The largest absolute Gasteiger partial charge is 0.330 e. The molecular weight excluding hydrogens is 245 g/mol. The Bertz CT molecular complexity index is 494. The van der Waals surface area contributed by atoms with E-state index >= 15 is 0 Å². The quantitative estimate of drug-likeness (QED) is 0.917. The van der Waals surface area contributed by atoms with E-state index in [0.29, 0.717) is 16.6 Å². The van der Waals surface area contributed by atoms with Crippen LogP contribution < -0.4 is 5.73 Å². The summed E-state index contributed by atoms with van der Waals surface area (Å²) < 4.78 is 1.71. The van der Waals surface area contributed by atoms with E-state index in [0.717, 1.165) is 17.7 Å². The van der Waals surface area contributed by atoms with E-state index in [2.05, 4.69) is 5.10 Å². The molecule has 2 N–H and O–H groups in total. The molecule has 0 fully saturated rings. The molecule has 0 aliphatic rings. The van der Waals surface area contributed by atoms with Crippen LogP contribution in [-0.2, 0) is 6.42 Å². The first-order valence-corrected chi connectivity index (χ1v) is 5.65. The second-order valence-corrected chi connectivity index (χ2v) is 4.29. The maximum Gasteiger partial charge on any atom is 0.0790 e. The molecule has 0 saturated heterocycles. The first kappa shape index (κ1) is 11.5. The molecule has 0 saturated carbocycles. The van der Waals surface area contributed by atoms with Crippen LogP contribution in [-0.4, -0.2) is 16.3 Å². The van der Waals surface area contributed by atoms with Crippen molar-refractivity contribution in [2.24, 2.45) is 5.73 Å². The molecule has 0 aliphatic heterocycles. The first-order chi connectivity index (χ1) is 7.70. The third-order valence-electron chi connectivity index (χ3n) is 2.26. The summed E-state index contributed by atoms with van der Waals surface area (Å²) in [7, 11) is 0. The molecule has 0 radical (unpaired) electrons. The molecule has 0 atom stereocenters. The standard InChI is InChI=1S/C11H11Cl2N3/c12-9-2-1-8(3-4-14)11(5-9)16-7-10(13)6-15-16/h1-2,5-7H,3-4,14H2. The molecule has 2 aromatic rings. The van der Waals surface area contributed by atoms with Gasteiger partial charge in [0.1, 0.15) is 0 Å². The summed E-state index contributed by atoms with van der Waals surface area (Å²) in [5.41, 5.74) is 7.59. The highest BCUT2D eigenvalue weighted by atomic mass is 35.5. The number of rotatable bonds is 3. The summed E-state index contributed by atoms with van der Waals surface area (Å²) in [6.45, 7) is 0.587. The number of benzene rings is 1. The van der Waals surface area contributed by atoms with Gasteiger partial charge in [-0.25, -0.2) is 4.68 Å². The lowest BCUT2D eigenvalue weighted by Crippen LogP contribution is -2.07. The van der Waals surface area contributed by atoms with Crippen molar-refractivity contribution in [3.63, 3.8) is 0 Å². The van der Waals surface area contributed by atoms with Crippen molar-refractivity contribution < 1.29 is 0 Å². The summed E-state index contributed by atoms with van der Waals surface area (Å²) in [5, 5.41) is 5.42. The maximum atomic E-state index is 5.97. The highest BCUT2D eigenvalue weighted by Gasteiger charge is 2.06. The fraction of sp³-hybridized carbons (Fsp3) is 0.182. The molecule has 0 unspecified atom stereocenters. The van der Waals surface area contributed by atoms with Gasteiger partial charge in [-0.3, -0.25) is 0 Å². The average Bonchev–Trinajstić information content (AvgIpc) is 2.68. The summed E-state index contributed by atoms with van der Waals surface area (Å²) in [5.74, 6) is 0. The molecule has 2 rings (SSSR count). The molecule has 1 heterocycles. The number of hydrogen-bond acceptors (Lipinski definition) is 2. The summed E-state index contributed by atoms with van der Waals surface area (Å²) in [6.07, 6.45) is 4.12. The Morgan fingerprint density at radius 2 is 2.06 bits per heavy atom.